The monoisotopic (exact) mass is 268 g/mol. The third-order valence-corrected chi connectivity index (χ3v) is 2.53. The Balaban J connectivity index is 2.68. The molecule has 1 aromatic carbocycles. The molecule has 0 heterocycles. The van der Waals surface area contributed by atoms with Crippen LogP contribution in [-0.4, -0.2) is 25.2 Å². The Morgan fingerprint density at radius 1 is 1.26 bits per heavy atom. The minimum absolute atomic E-state index is 0.0485. The lowest BCUT2D eigenvalue weighted by Gasteiger charge is -2.20. The van der Waals surface area contributed by atoms with Gasteiger partial charge < -0.3 is 15.4 Å². The van der Waals surface area contributed by atoms with Crippen molar-refractivity contribution in [3.63, 3.8) is 0 Å². The molecule has 104 valence electrons. The molecule has 19 heavy (non-hydrogen) atoms. The average molecular weight is 268 g/mol. The van der Waals surface area contributed by atoms with Gasteiger partial charge in [0.1, 0.15) is 11.9 Å². The Kier molecular flexibility index (Phi) is 5.29. The minimum atomic E-state index is -0.781. The van der Waals surface area contributed by atoms with E-state index in [0.29, 0.717) is 0 Å². The standard InChI is InChI=1S/C13H17FN2O3/c1-8(2)11(12(17)19-3)16-13(18)15-10-7-5-4-6-9(10)14/h4-8,11H,1-3H3,(H2,15,16,18)/t11-/m1/s1. The molecule has 0 fully saturated rings. The summed E-state index contributed by atoms with van der Waals surface area (Å²) in [6.45, 7) is 3.54. The highest BCUT2D eigenvalue weighted by Crippen LogP contribution is 2.12. The Morgan fingerprint density at radius 3 is 2.42 bits per heavy atom. The number of esters is 1. The number of hydrogen-bond donors (Lipinski definition) is 2. The summed E-state index contributed by atoms with van der Waals surface area (Å²) in [6.07, 6.45) is 0. The Labute approximate surface area is 111 Å². The molecule has 2 N–H and O–H groups in total. The zero-order chi connectivity index (χ0) is 14.4. The van der Waals surface area contributed by atoms with Crippen molar-refractivity contribution in [2.24, 2.45) is 5.92 Å². The van der Waals surface area contributed by atoms with Crippen molar-refractivity contribution in [1.82, 2.24) is 5.32 Å². The maximum absolute atomic E-state index is 13.3. The number of carbonyl (C=O) groups excluding carboxylic acids is 2. The molecule has 1 aromatic rings. The number of anilines is 1. The topological polar surface area (TPSA) is 67.4 Å². The first-order chi connectivity index (χ1) is 8.95. The van der Waals surface area contributed by atoms with Crippen molar-refractivity contribution in [3.05, 3.63) is 30.1 Å². The lowest BCUT2D eigenvalue weighted by Crippen LogP contribution is -2.46. The molecule has 0 unspecified atom stereocenters. The van der Waals surface area contributed by atoms with Crippen LogP contribution in [0.1, 0.15) is 13.8 Å². The Bertz CT molecular complexity index is 463. The fourth-order valence-corrected chi connectivity index (χ4v) is 1.49. The number of amides is 2. The summed E-state index contributed by atoms with van der Waals surface area (Å²) >= 11 is 0. The quantitative estimate of drug-likeness (QED) is 0.822. The van der Waals surface area contributed by atoms with Crippen LogP contribution in [0.15, 0.2) is 24.3 Å². The fraction of sp³-hybridized carbons (Fsp3) is 0.385. The smallest absolute Gasteiger partial charge is 0.328 e. The first-order valence-corrected chi connectivity index (χ1v) is 5.85. The number of nitrogens with one attached hydrogen (secondary N) is 2. The Morgan fingerprint density at radius 2 is 1.89 bits per heavy atom. The van der Waals surface area contributed by atoms with Gasteiger partial charge >= 0.3 is 12.0 Å². The van der Waals surface area contributed by atoms with E-state index in [1.54, 1.807) is 19.9 Å². The third kappa shape index (κ3) is 4.24. The number of halogens is 1. The second-order valence-electron chi connectivity index (χ2n) is 4.32. The molecule has 0 bridgehead atoms. The average Bonchev–Trinajstić information content (AvgIpc) is 2.37. The summed E-state index contributed by atoms with van der Waals surface area (Å²) in [7, 11) is 1.24. The number of rotatable bonds is 4. The van der Waals surface area contributed by atoms with E-state index in [0.717, 1.165) is 0 Å². The second-order valence-corrected chi connectivity index (χ2v) is 4.32. The molecular weight excluding hydrogens is 251 g/mol. The molecule has 0 aliphatic heterocycles. The number of hydrogen-bond acceptors (Lipinski definition) is 3. The highest BCUT2D eigenvalue weighted by molar-refractivity contribution is 5.92. The minimum Gasteiger partial charge on any atom is -0.467 e. The van der Waals surface area contributed by atoms with Gasteiger partial charge in [-0.15, -0.1) is 0 Å². The molecule has 1 atom stereocenters. The van der Waals surface area contributed by atoms with Gasteiger partial charge in [-0.3, -0.25) is 0 Å². The van der Waals surface area contributed by atoms with E-state index in [2.05, 4.69) is 15.4 Å². The van der Waals surface area contributed by atoms with E-state index in [4.69, 9.17) is 0 Å². The van der Waals surface area contributed by atoms with E-state index in [9.17, 15) is 14.0 Å². The van der Waals surface area contributed by atoms with Crippen molar-refractivity contribution < 1.29 is 18.7 Å². The Hall–Kier alpha value is -2.11. The molecule has 0 saturated heterocycles. The van der Waals surface area contributed by atoms with Crippen molar-refractivity contribution in [2.45, 2.75) is 19.9 Å². The van der Waals surface area contributed by atoms with Gasteiger partial charge in [0.05, 0.1) is 12.8 Å². The van der Waals surface area contributed by atoms with Crippen molar-refractivity contribution in [3.8, 4) is 0 Å². The van der Waals surface area contributed by atoms with Crippen LogP contribution in [0.25, 0.3) is 0 Å². The highest BCUT2D eigenvalue weighted by Gasteiger charge is 2.25. The van der Waals surface area contributed by atoms with Crippen LogP contribution in [-0.2, 0) is 9.53 Å². The van der Waals surface area contributed by atoms with Gasteiger partial charge in [0, 0.05) is 0 Å². The molecule has 0 aliphatic carbocycles. The summed E-state index contributed by atoms with van der Waals surface area (Å²) in [6, 6.07) is 4.33. The number of benzene rings is 1. The van der Waals surface area contributed by atoms with Crippen molar-refractivity contribution in [2.75, 3.05) is 12.4 Å². The zero-order valence-electron chi connectivity index (χ0n) is 11.1. The fourth-order valence-electron chi connectivity index (χ4n) is 1.49. The largest absolute Gasteiger partial charge is 0.467 e. The number of methoxy groups -OCH3 is 1. The van der Waals surface area contributed by atoms with Crippen LogP contribution in [0, 0.1) is 11.7 Å². The van der Waals surface area contributed by atoms with E-state index in [1.165, 1.54) is 25.3 Å². The van der Waals surface area contributed by atoms with Crippen LogP contribution >= 0.6 is 0 Å². The summed E-state index contributed by atoms with van der Waals surface area (Å²) in [4.78, 5) is 23.2. The first kappa shape index (κ1) is 14.9. The van der Waals surface area contributed by atoms with E-state index >= 15 is 0 Å². The summed E-state index contributed by atoms with van der Waals surface area (Å²) in [5.74, 6) is -1.23. The summed E-state index contributed by atoms with van der Waals surface area (Å²) in [5.41, 5.74) is 0.0485. The van der Waals surface area contributed by atoms with Gasteiger partial charge in [-0.2, -0.15) is 0 Å². The normalized spacial score (nSPS) is 11.8. The van der Waals surface area contributed by atoms with Gasteiger partial charge in [-0.25, -0.2) is 14.0 Å². The van der Waals surface area contributed by atoms with Crippen LogP contribution in [0.2, 0.25) is 0 Å². The van der Waals surface area contributed by atoms with Crippen molar-refractivity contribution >= 4 is 17.7 Å². The molecule has 0 spiro atoms. The lowest BCUT2D eigenvalue weighted by atomic mass is 10.1. The maximum atomic E-state index is 13.3. The SMILES string of the molecule is COC(=O)[C@H](NC(=O)Nc1ccccc1F)C(C)C. The maximum Gasteiger partial charge on any atom is 0.328 e. The summed E-state index contributed by atoms with van der Waals surface area (Å²) < 4.78 is 17.9. The van der Waals surface area contributed by atoms with E-state index in [-0.39, 0.29) is 11.6 Å². The molecule has 1 rings (SSSR count). The molecule has 0 saturated carbocycles. The second kappa shape index (κ2) is 6.72. The van der Waals surface area contributed by atoms with Crippen LogP contribution in [0.5, 0.6) is 0 Å². The molecule has 2 amide bonds. The molecule has 6 heteroatoms. The van der Waals surface area contributed by atoms with Gasteiger partial charge in [0.25, 0.3) is 0 Å². The predicted octanol–water partition coefficient (Wildman–Crippen LogP) is 2.14. The number of carbonyl (C=O) groups is 2. The van der Waals surface area contributed by atoms with E-state index < -0.39 is 23.9 Å². The highest BCUT2D eigenvalue weighted by atomic mass is 19.1. The molecule has 0 aliphatic rings. The lowest BCUT2D eigenvalue weighted by molar-refractivity contribution is -0.143. The summed E-state index contributed by atoms with van der Waals surface area (Å²) in [5, 5.41) is 4.79. The molecular formula is C13H17FN2O3. The molecule has 0 aromatic heterocycles. The van der Waals surface area contributed by atoms with Crippen LogP contribution in [0.3, 0.4) is 0 Å². The van der Waals surface area contributed by atoms with Gasteiger partial charge in [-0.05, 0) is 18.1 Å². The van der Waals surface area contributed by atoms with Crippen LogP contribution < -0.4 is 10.6 Å². The first-order valence-electron chi connectivity index (χ1n) is 5.85. The van der Waals surface area contributed by atoms with E-state index in [1.807, 2.05) is 0 Å². The van der Waals surface area contributed by atoms with Crippen molar-refractivity contribution in [1.29, 1.82) is 0 Å². The number of para-hydroxylation sites is 1. The van der Waals surface area contributed by atoms with Gasteiger partial charge in [0.2, 0.25) is 0 Å². The van der Waals surface area contributed by atoms with Crippen LogP contribution in [0.4, 0.5) is 14.9 Å². The van der Waals surface area contributed by atoms with Gasteiger partial charge in [0.15, 0.2) is 0 Å². The number of urea groups is 1. The third-order valence-electron chi connectivity index (χ3n) is 2.53. The predicted molar refractivity (Wildman–Crippen MR) is 69.2 cm³/mol. The molecule has 5 nitrogen and oxygen atoms in total. The van der Waals surface area contributed by atoms with Gasteiger partial charge in [-0.1, -0.05) is 26.0 Å². The zero-order valence-corrected chi connectivity index (χ0v) is 11.1. The molecule has 0 radical (unpaired) electrons. The number of ether oxygens (including phenoxy) is 1.